The first kappa shape index (κ1) is 14.2. The van der Waals surface area contributed by atoms with Crippen LogP contribution in [0.2, 0.25) is 0 Å². The van der Waals surface area contributed by atoms with Crippen molar-refractivity contribution in [1.29, 1.82) is 0 Å². The quantitative estimate of drug-likeness (QED) is 0.892. The summed E-state index contributed by atoms with van der Waals surface area (Å²) >= 11 is 0. The molecular weight excluding hydrogens is 236 g/mol. The van der Waals surface area contributed by atoms with Crippen molar-refractivity contribution in [2.24, 2.45) is 5.73 Å². The van der Waals surface area contributed by atoms with E-state index < -0.39 is 10.0 Å². The molecule has 1 unspecified atom stereocenters. The highest BCUT2D eigenvalue weighted by Gasteiger charge is 2.22. The maximum absolute atomic E-state index is 12.1. The minimum atomic E-state index is -3.39. The molecule has 0 aromatic heterocycles. The predicted molar refractivity (Wildman–Crippen MR) is 69.1 cm³/mol. The molecule has 1 aromatic rings. The Bertz CT molecular complexity index is 464. The number of sulfonamides is 1. The van der Waals surface area contributed by atoms with Gasteiger partial charge in [-0.2, -0.15) is 4.31 Å². The van der Waals surface area contributed by atoms with Crippen LogP contribution in [0, 0.1) is 0 Å². The lowest BCUT2D eigenvalue weighted by Gasteiger charge is -2.21. The number of benzene rings is 1. The molecule has 0 fully saturated rings. The number of hydrogen-bond donors (Lipinski definition) is 1. The maximum atomic E-state index is 12.1. The fraction of sp³-hybridized carbons (Fsp3) is 0.500. The second-order valence-electron chi connectivity index (χ2n) is 4.47. The van der Waals surface area contributed by atoms with Crippen molar-refractivity contribution in [2.45, 2.75) is 37.8 Å². The second-order valence-corrected chi connectivity index (χ2v) is 6.47. The topological polar surface area (TPSA) is 63.4 Å². The van der Waals surface area contributed by atoms with E-state index >= 15 is 0 Å². The first-order valence-corrected chi connectivity index (χ1v) is 7.04. The molecule has 5 heteroatoms. The first-order valence-electron chi connectivity index (χ1n) is 5.60. The van der Waals surface area contributed by atoms with Gasteiger partial charge in [0.05, 0.1) is 4.90 Å². The molecule has 96 valence electrons. The van der Waals surface area contributed by atoms with Gasteiger partial charge in [0.1, 0.15) is 0 Å². The smallest absolute Gasteiger partial charge is 0.243 e. The third-order valence-corrected chi connectivity index (χ3v) is 4.86. The van der Waals surface area contributed by atoms with E-state index in [2.05, 4.69) is 0 Å². The van der Waals surface area contributed by atoms with Gasteiger partial charge in [-0.1, -0.05) is 12.1 Å². The van der Waals surface area contributed by atoms with E-state index in [0.717, 1.165) is 5.56 Å². The second kappa shape index (κ2) is 5.16. The molecule has 0 saturated heterocycles. The van der Waals surface area contributed by atoms with Crippen molar-refractivity contribution < 1.29 is 8.42 Å². The van der Waals surface area contributed by atoms with Gasteiger partial charge < -0.3 is 5.73 Å². The Labute approximate surface area is 103 Å². The van der Waals surface area contributed by atoms with Gasteiger partial charge in [-0.25, -0.2) is 8.42 Å². The third-order valence-electron chi connectivity index (χ3n) is 2.81. The van der Waals surface area contributed by atoms with Crippen molar-refractivity contribution in [3.8, 4) is 0 Å². The van der Waals surface area contributed by atoms with Crippen LogP contribution in [0.5, 0.6) is 0 Å². The summed E-state index contributed by atoms with van der Waals surface area (Å²) in [5.41, 5.74) is 6.65. The molecule has 0 aliphatic rings. The Balaban J connectivity index is 3.09. The molecule has 0 heterocycles. The minimum Gasteiger partial charge on any atom is -0.324 e. The summed E-state index contributed by atoms with van der Waals surface area (Å²) in [5.74, 6) is 0. The zero-order chi connectivity index (χ0) is 13.2. The zero-order valence-corrected chi connectivity index (χ0v) is 11.5. The van der Waals surface area contributed by atoms with Crippen molar-refractivity contribution in [3.63, 3.8) is 0 Å². The SMILES string of the molecule is CC(N)c1ccc(S(=O)(=O)N(C)C(C)C)cc1. The lowest BCUT2D eigenvalue weighted by atomic mass is 10.1. The van der Waals surface area contributed by atoms with Crippen LogP contribution in [-0.4, -0.2) is 25.8 Å². The van der Waals surface area contributed by atoms with Crippen LogP contribution < -0.4 is 5.73 Å². The number of nitrogens with zero attached hydrogens (tertiary/aromatic N) is 1. The molecule has 17 heavy (non-hydrogen) atoms. The Morgan fingerprint density at radius 3 is 1.94 bits per heavy atom. The van der Waals surface area contributed by atoms with E-state index in [1.807, 2.05) is 20.8 Å². The van der Waals surface area contributed by atoms with Crippen molar-refractivity contribution in [1.82, 2.24) is 4.31 Å². The van der Waals surface area contributed by atoms with Gasteiger partial charge in [0.2, 0.25) is 10.0 Å². The maximum Gasteiger partial charge on any atom is 0.243 e. The van der Waals surface area contributed by atoms with E-state index in [0.29, 0.717) is 4.90 Å². The Hall–Kier alpha value is -0.910. The summed E-state index contributed by atoms with van der Waals surface area (Å²) in [6, 6.07) is 6.57. The standard InChI is InChI=1S/C12H20N2O2S/c1-9(2)14(4)17(15,16)12-7-5-11(6-8-12)10(3)13/h5-10H,13H2,1-4H3. The van der Waals surface area contributed by atoms with Crippen molar-refractivity contribution in [3.05, 3.63) is 29.8 Å². The van der Waals surface area contributed by atoms with Crippen LogP contribution in [0.3, 0.4) is 0 Å². The average Bonchev–Trinajstić information content (AvgIpc) is 2.27. The van der Waals surface area contributed by atoms with Crippen molar-refractivity contribution in [2.75, 3.05) is 7.05 Å². The number of nitrogens with two attached hydrogens (primary N) is 1. The molecule has 0 saturated carbocycles. The van der Waals surface area contributed by atoms with Gasteiger partial charge in [0, 0.05) is 19.1 Å². The van der Waals surface area contributed by atoms with Gasteiger partial charge in [-0.3, -0.25) is 0 Å². The van der Waals surface area contributed by atoms with Crippen LogP contribution in [0.25, 0.3) is 0 Å². The fourth-order valence-electron chi connectivity index (χ4n) is 1.39. The van der Waals surface area contributed by atoms with E-state index in [1.165, 1.54) is 4.31 Å². The monoisotopic (exact) mass is 256 g/mol. The number of hydrogen-bond acceptors (Lipinski definition) is 3. The zero-order valence-electron chi connectivity index (χ0n) is 10.7. The molecule has 0 amide bonds. The lowest BCUT2D eigenvalue weighted by Crippen LogP contribution is -2.33. The van der Waals surface area contributed by atoms with Crippen LogP contribution in [0.15, 0.2) is 29.2 Å². The van der Waals surface area contributed by atoms with Crippen LogP contribution in [-0.2, 0) is 10.0 Å². The van der Waals surface area contributed by atoms with Crippen LogP contribution >= 0.6 is 0 Å². The summed E-state index contributed by atoms with van der Waals surface area (Å²) in [4.78, 5) is 0.304. The summed E-state index contributed by atoms with van der Waals surface area (Å²) in [6.07, 6.45) is 0. The van der Waals surface area contributed by atoms with Crippen LogP contribution in [0.4, 0.5) is 0 Å². The van der Waals surface area contributed by atoms with Gasteiger partial charge >= 0.3 is 0 Å². The highest BCUT2D eigenvalue weighted by Crippen LogP contribution is 2.18. The summed E-state index contributed by atoms with van der Waals surface area (Å²) < 4.78 is 25.7. The lowest BCUT2D eigenvalue weighted by molar-refractivity contribution is 0.410. The van der Waals surface area contributed by atoms with Gasteiger partial charge in [-0.05, 0) is 38.5 Å². The Morgan fingerprint density at radius 1 is 1.12 bits per heavy atom. The molecule has 2 N–H and O–H groups in total. The van der Waals surface area contributed by atoms with E-state index in [-0.39, 0.29) is 12.1 Å². The molecule has 1 atom stereocenters. The van der Waals surface area contributed by atoms with Crippen molar-refractivity contribution >= 4 is 10.0 Å². The van der Waals surface area contributed by atoms with E-state index in [1.54, 1.807) is 31.3 Å². The normalized spacial score (nSPS) is 14.3. The fourth-order valence-corrected chi connectivity index (χ4v) is 2.75. The molecule has 0 aliphatic heterocycles. The molecular formula is C12H20N2O2S. The highest BCUT2D eigenvalue weighted by atomic mass is 32.2. The summed E-state index contributed by atoms with van der Waals surface area (Å²) in [6.45, 7) is 5.55. The van der Waals surface area contributed by atoms with Gasteiger partial charge in [-0.15, -0.1) is 0 Å². The van der Waals surface area contributed by atoms with E-state index in [9.17, 15) is 8.42 Å². The Morgan fingerprint density at radius 2 is 1.59 bits per heavy atom. The van der Waals surface area contributed by atoms with E-state index in [4.69, 9.17) is 5.73 Å². The molecule has 0 aliphatic carbocycles. The third kappa shape index (κ3) is 3.06. The molecule has 1 aromatic carbocycles. The molecule has 0 bridgehead atoms. The molecule has 4 nitrogen and oxygen atoms in total. The Kier molecular flexibility index (Phi) is 4.30. The predicted octanol–water partition coefficient (Wildman–Crippen LogP) is 1.74. The minimum absolute atomic E-state index is 0.0619. The first-order chi connectivity index (χ1) is 7.76. The highest BCUT2D eigenvalue weighted by molar-refractivity contribution is 7.89. The summed E-state index contributed by atoms with van der Waals surface area (Å²) in [5, 5.41) is 0. The molecule has 0 spiro atoms. The molecule has 0 radical (unpaired) electrons. The summed E-state index contributed by atoms with van der Waals surface area (Å²) in [7, 11) is -1.81. The van der Waals surface area contributed by atoms with Crippen LogP contribution in [0.1, 0.15) is 32.4 Å². The van der Waals surface area contributed by atoms with Gasteiger partial charge in [0.25, 0.3) is 0 Å². The number of rotatable bonds is 4. The molecule has 1 rings (SSSR count). The largest absolute Gasteiger partial charge is 0.324 e. The average molecular weight is 256 g/mol. The van der Waals surface area contributed by atoms with Gasteiger partial charge in [0.15, 0.2) is 0 Å².